The van der Waals surface area contributed by atoms with Crippen LogP contribution in [0.4, 0.5) is 0 Å². The summed E-state index contributed by atoms with van der Waals surface area (Å²) >= 11 is 5.92. The van der Waals surface area contributed by atoms with Gasteiger partial charge in [-0.1, -0.05) is 49.4 Å². The van der Waals surface area contributed by atoms with E-state index in [1.807, 2.05) is 26.0 Å². The summed E-state index contributed by atoms with van der Waals surface area (Å²) in [6, 6.07) is 7.23. The Morgan fingerprint density at radius 1 is 1.37 bits per heavy atom. The van der Waals surface area contributed by atoms with Gasteiger partial charge in [0.25, 0.3) is 0 Å². The average molecular weight is 280 g/mol. The van der Waals surface area contributed by atoms with E-state index in [9.17, 15) is 4.79 Å². The third-order valence-corrected chi connectivity index (χ3v) is 2.54. The Kier molecular flexibility index (Phi) is 6.84. The van der Waals surface area contributed by atoms with Crippen molar-refractivity contribution in [3.8, 4) is 17.6 Å². The van der Waals surface area contributed by atoms with E-state index in [0.717, 1.165) is 0 Å². The van der Waals surface area contributed by atoms with Crippen LogP contribution in [0.2, 0.25) is 5.02 Å². The highest BCUT2D eigenvalue weighted by Crippen LogP contribution is 2.22. The molecule has 0 bridgehead atoms. The zero-order chi connectivity index (χ0) is 14.1. The number of benzene rings is 1. The monoisotopic (exact) mass is 279 g/mol. The van der Waals surface area contributed by atoms with Crippen LogP contribution in [-0.2, 0) is 4.79 Å². The Balaban J connectivity index is 2.22. The van der Waals surface area contributed by atoms with E-state index in [1.165, 1.54) is 0 Å². The number of hydrogen-bond acceptors (Lipinski definition) is 2. The summed E-state index contributed by atoms with van der Waals surface area (Å²) in [5.74, 6) is 6.65. The van der Waals surface area contributed by atoms with E-state index < -0.39 is 0 Å². The minimum absolute atomic E-state index is 0.0244. The van der Waals surface area contributed by atoms with E-state index in [-0.39, 0.29) is 12.5 Å². The smallest absolute Gasteiger partial charge is 0.221 e. The SMILES string of the molecule is CC(C)CC(=O)NCC#CCOc1ccccc1Cl. The molecule has 1 amide bonds. The second kappa shape index (κ2) is 8.44. The molecule has 19 heavy (non-hydrogen) atoms. The number of ether oxygens (including phenoxy) is 1. The molecule has 1 aromatic carbocycles. The lowest BCUT2D eigenvalue weighted by atomic mass is 10.1. The number of amides is 1. The normalized spacial score (nSPS) is 9.68. The van der Waals surface area contributed by atoms with Crippen molar-refractivity contribution < 1.29 is 9.53 Å². The highest BCUT2D eigenvalue weighted by atomic mass is 35.5. The molecule has 1 aromatic rings. The van der Waals surface area contributed by atoms with Gasteiger partial charge in [-0.2, -0.15) is 0 Å². The molecule has 0 saturated carbocycles. The number of carbonyl (C=O) groups excluding carboxylic acids is 1. The molecule has 0 aromatic heterocycles. The van der Waals surface area contributed by atoms with Crippen molar-refractivity contribution in [3.05, 3.63) is 29.3 Å². The summed E-state index contributed by atoms with van der Waals surface area (Å²) in [7, 11) is 0. The van der Waals surface area contributed by atoms with Crippen LogP contribution in [0.25, 0.3) is 0 Å². The molecular formula is C15H18ClNO2. The molecular weight excluding hydrogens is 262 g/mol. The van der Waals surface area contributed by atoms with Crippen molar-refractivity contribution >= 4 is 17.5 Å². The molecule has 1 rings (SSSR count). The van der Waals surface area contributed by atoms with Crippen molar-refractivity contribution in [1.29, 1.82) is 0 Å². The fraction of sp³-hybridized carbons (Fsp3) is 0.400. The van der Waals surface area contributed by atoms with Crippen molar-refractivity contribution in [2.75, 3.05) is 13.2 Å². The van der Waals surface area contributed by atoms with Crippen molar-refractivity contribution in [2.24, 2.45) is 5.92 Å². The third-order valence-electron chi connectivity index (χ3n) is 2.23. The second-order valence-electron chi connectivity index (χ2n) is 4.45. The van der Waals surface area contributed by atoms with Gasteiger partial charge >= 0.3 is 0 Å². The van der Waals surface area contributed by atoms with Gasteiger partial charge in [0.15, 0.2) is 0 Å². The fourth-order valence-corrected chi connectivity index (χ4v) is 1.57. The Bertz CT molecular complexity index is 475. The summed E-state index contributed by atoms with van der Waals surface area (Å²) in [4.78, 5) is 11.3. The van der Waals surface area contributed by atoms with Gasteiger partial charge in [-0.3, -0.25) is 4.79 Å². The first-order valence-electron chi connectivity index (χ1n) is 6.19. The number of hydrogen-bond donors (Lipinski definition) is 1. The molecule has 0 aliphatic carbocycles. The molecule has 0 fully saturated rings. The summed E-state index contributed by atoms with van der Waals surface area (Å²) in [5, 5.41) is 3.29. The highest BCUT2D eigenvalue weighted by molar-refractivity contribution is 6.32. The summed E-state index contributed by atoms with van der Waals surface area (Å²) in [6.45, 7) is 4.60. The van der Waals surface area contributed by atoms with E-state index in [2.05, 4.69) is 17.2 Å². The predicted molar refractivity (Wildman–Crippen MR) is 77.2 cm³/mol. The van der Waals surface area contributed by atoms with Crippen molar-refractivity contribution in [2.45, 2.75) is 20.3 Å². The van der Waals surface area contributed by atoms with Gasteiger partial charge in [0, 0.05) is 6.42 Å². The quantitative estimate of drug-likeness (QED) is 0.842. The van der Waals surface area contributed by atoms with Crippen LogP contribution in [0.15, 0.2) is 24.3 Å². The molecule has 0 unspecified atom stereocenters. The lowest BCUT2D eigenvalue weighted by Crippen LogP contribution is -2.24. The lowest BCUT2D eigenvalue weighted by Gasteiger charge is -2.04. The molecule has 1 N–H and O–H groups in total. The minimum Gasteiger partial charge on any atom is -0.479 e. The summed E-state index contributed by atoms with van der Waals surface area (Å²) in [6.07, 6.45) is 0.526. The number of para-hydroxylation sites is 1. The summed E-state index contributed by atoms with van der Waals surface area (Å²) in [5.41, 5.74) is 0. The number of rotatable bonds is 5. The fourth-order valence-electron chi connectivity index (χ4n) is 1.37. The van der Waals surface area contributed by atoms with Gasteiger partial charge < -0.3 is 10.1 Å². The molecule has 0 heterocycles. The molecule has 0 radical (unpaired) electrons. The topological polar surface area (TPSA) is 38.3 Å². The van der Waals surface area contributed by atoms with Crippen LogP contribution in [0, 0.1) is 17.8 Å². The van der Waals surface area contributed by atoms with Crippen molar-refractivity contribution in [3.63, 3.8) is 0 Å². The molecule has 3 nitrogen and oxygen atoms in total. The van der Waals surface area contributed by atoms with E-state index in [0.29, 0.717) is 29.7 Å². The molecule has 0 aliphatic rings. The van der Waals surface area contributed by atoms with Crippen molar-refractivity contribution in [1.82, 2.24) is 5.32 Å². The predicted octanol–water partition coefficient (Wildman–Crippen LogP) is 2.88. The largest absolute Gasteiger partial charge is 0.479 e. The van der Waals surface area contributed by atoms with E-state index in [1.54, 1.807) is 12.1 Å². The average Bonchev–Trinajstić information content (AvgIpc) is 2.34. The highest BCUT2D eigenvalue weighted by Gasteiger charge is 2.02. The molecule has 102 valence electrons. The number of carbonyl (C=O) groups is 1. The standard InChI is InChI=1S/C15H18ClNO2/c1-12(2)11-15(18)17-9-5-6-10-19-14-8-4-3-7-13(14)16/h3-4,7-8,12H,9-11H2,1-2H3,(H,17,18). The van der Waals surface area contributed by atoms with Crippen LogP contribution in [0.5, 0.6) is 5.75 Å². The Hall–Kier alpha value is -1.66. The zero-order valence-electron chi connectivity index (χ0n) is 11.2. The van der Waals surface area contributed by atoms with Crippen LogP contribution < -0.4 is 10.1 Å². The van der Waals surface area contributed by atoms with Gasteiger partial charge in [0.2, 0.25) is 5.91 Å². The third kappa shape index (κ3) is 6.73. The first-order chi connectivity index (χ1) is 9.09. The molecule has 4 heteroatoms. The first-order valence-corrected chi connectivity index (χ1v) is 6.57. The Morgan fingerprint density at radius 2 is 2.11 bits per heavy atom. The van der Waals surface area contributed by atoms with E-state index in [4.69, 9.17) is 16.3 Å². The molecule has 0 atom stereocenters. The van der Waals surface area contributed by atoms with Crippen LogP contribution >= 0.6 is 11.6 Å². The van der Waals surface area contributed by atoms with Gasteiger partial charge in [0.05, 0.1) is 11.6 Å². The lowest BCUT2D eigenvalue weighted by molar-refractivity contribution is -0.121. The molecule has 0 aliphatic heterocycles. The maximum Gasteiger partial charge on any atom is 0.221 e. The maximum absolute atomic E-state index is 11.3. The molecule has 0 spiro atoms. The maximum atomic E-state index is 11.3. The Morgan fingerprint density at radius 3 is 2.79 bits per heavy atom. The number of halogens is 1. The van der Waals surface area contributed by atoms with Crippen LogP contribution in [-0.4, -0.2) is 19.1 Å². The molecule has 0 saturated heterocycles. The second-order valence-corrected chi connectivity index (χ2v) is 4.85. The van der Waals surface area contributed by atoms with Gasteiger partial charge in [0.1, 0.15) is 12.4 Å². The first kappa shape index (κ1) is 15.4. The van der Waals surface area contributed by atoms with Crippen LogP contribution in [0.3, 0.4) is 0 Å². The number of nitrogens with one attached hydrogen (secondary N) is 1. The Labute approximate surface area is 119 Å². The van der Waals surface area contributed by atoms with Crippen LogP contribution in [0.1, 0.15) is 20.3 Å². The zero-order valence-corrected chi connectivity index (χ0v) is 12.0. The van der Waals surface area contributed by atoms with Gasteiger partial charge in [-0.15, -0.1) is 0 Å². The van der Waals surface area contributed by atoms with Gasteiger partial charge in [-0.25, -0.2) is 0 Å². The van der Waals surface area contributed by atoms with Gasteiger partial charge in [-0.05, 0) is 18.1 Å². The van der Waals surface area contributed by atoms with E-state index >= 15 is 0 Å². The summed E-state index contributed by atoms with van der Waals surface area (Å²) < 4.78 is 5.39. The minimum atomic E-state index is 0.0244.